The molecule has 35 heavy (non-hydrogen) atoms. The largest absolute Gasteiger partial charge is 0.389 e. The number of aliphatic hydroxyl groups excluding tert-OH is 1. The molecule has 0 radical (unpaired) electrons. The molecule has 3 heterocycles. The summed E-state index contributed by atoms with van der Waals surface area (Å²) in [5.41, 5.74) is 7.89. The zero-order valence-corrected chi connectivity index (χ0v) is 19.5. The Morgan fingerprint density at radius 3 is 2.54 bits per heavy atom. The van der Waals surface area contributed by atoms with Crippen molar-refractivity contribution >= 4 is 10.9 Å². The van der Waals surface area contributed by atoms with Gasteiger partial charge < -0.3 is 15.2 Å². The van der Waals surface area contributed by atoms with E-state index in [1.165, 1.54) is 0 Å². The second-order valence-corrected chi connectivity index (χ2v) is 8.40. The fraction of sp³-hybridized carbons (Fsp3) is 0.179. The number of benzene rings is 2. The number of ether oxygens (including phenoxy) is 1. The van der Waals surface area contributed by atoms with E-state index in [0.29, 0.717) is 19.7 Å². The van der Waals surface area contributed by atoms with Gasteiger partial charge in [0.15, 0.2) is 0 Å². The lowest BCUT2D eigenvalue weighted by atomic mass is 9.96. The first-order chi connectivity index (χ1) is 17.2. The van der Waals surface area contributed by atoms with Crippen LogP contribution in [0.2, 0.25) is 0 Å². The van der Waals surface area contributed by atoms with Gasteiger partial charge in [-0.25, -0.2) is 4.98 Å². The summed E-state index contributed by atoms with van der Waals surface area (Å²) in [5.74, 6) is 0. The molecule has 1 atom stereocenters. The number of pyridine rings is 2. The summed E-state index contributed by atoms with van der Waals surface area (Å²) in [5, 5.41) is 21.0. The van der Waals surface area contributed by atoms with Crippen LogP contribution in [-0.2, 0) is 11.3 Å². The van der Waals surface area contributed by atoms with Crippen LogP contribution in [0.25, 0.3) is 44.5 Å². The normalized spacial score (nSPS) is 12.2. The van der Waals surface area contributed by atoms with Gasteiger partial charge in [-0.2, -0.15) is 5.10 Å². The van der Waals surface area contributed by atoms with Crippen LogP contribution in [0.4, 0.5) is 0 Å². The smallest absolute Gasteiger partial charge is 0.0897 e. The number of aromatic amines is 1. The number of aliphatic hydroxyl groups is 1. The van der Waals surface area contributed by atoms with E-state index in [4.69, 9.17) is 9.72 Å². The molecule has 5 aromatic rings. The van der Waals surface area contributed by atoms with E-state index in [1.807, 2.05) is 30.5 Å². The van der Waals surface area contributed by atoms with Gasteiger partial charge in [0.1, 0.15) is 0 Å². The zero-order valence-electron chi connectivity index (χ0n) is 19.5. The minimum absolute atomic E-state index is 0.319. The average Bonchev–Trinajstić information content (AvgIpc) is 3.44. The summed E-state index contributed by atoms with van der Waals surface area (Å²) < 4.78 is 4.97. The molecule has 0 aliphatic heterocycles. The molecule has 3 N–H and O–H groups in total. The Morgan fingerprint density at radius 1 is 0.971 bits per heavy atom. The molecule has 0 amide bonds. The Balaban J connectivity index is 1.52. The number of nitrogens with zero attached hydrogens (tertiary/aromatic N) is 3. The van der Waals surface area contributed by atoms with Gasteiger partial charge in [-0.05, 0) is 23.3 Å². The van der Waals surface area contributed by atoms with Gasteiger partial charge in [-0.3, -0.25) is 10.1 Å². The van der Waals surface area contributed by atoms with Crippen LogP contribution in [0.1, 0.15) is 5.56 Å². The van der Waals surface area contributed by atoms with Crippen molar-refractivity contribution in [3.8, 4) is 33.6 Å². The lowest BCUT2D eigenvalue weighted by Gasteiger charge is -2.14. The predicted molar refractivity (Wildman–Crippen MR) is 138 cm³/mol. The minimum Gasteiger partial charge on any atom is -0.389 e. The van der Waals surface area contributed by atoms with Crippen LogP contribution in [0.5, 0.6) is 0 Å². The molecule has 5 rings (SSSR count). The minimum atomic E-state index is -0.518. The second kappa shape index (κ2) is 10.6. The molecule has 176 valence electrons. The van der Waals surface area contributed by atoms with Crippen LogP contribution in [0.3, 0.4) is 0 Å². The van der Waals surface area contributed by atoms with Gasteiger partial charge in [0.25, 0.3) is 0 Å². The van der Waals surface area contributed by atoms with Crippen molar-refractivity contribution in [2.75, 3.05) is 20.3 Å². The Bertz CT molecular complexity index is 1390. The molecule has 0 aliphatic carbocycles. The number of nitrogens with one attached hydrogen (secondary N) is 2. The fourth-order valence-electron chi connectivity index (χ4n) is 4.18. The average molecular weight is 466 g/mol. The maximum absolute atomic E-state index is 9.82. The summed E-state index contributed by atoms with van der Waals surface area (Å²) >= 11 is 0. The van der Waals surface area contributed by atoms with Gasteiger partial charge in [-0.1, -0.05) is 54.6 Å². The Morgan fingerprint density at radius 2 is 1.80 bits per heavy atom. The summed E-state index contributed by atoms with van der Waals surface area (Å²) in [6.07, 6.45) is 4.89. The van der Waals surface area contributed by atoms with E-state index < -0.39 is 6.10 Å². The van der Waals surface area contributed by atoms with Gasteiger partial charge in [0.05, 0.1) is 35.8 Å². The molecule has 0 saturated heterocycles. The third-order valence-electron chi connectivity index (χ3n) is 5.90. The molecule has 7 nitrogen and oxygen atoms in total. The Kier molecular flexibility index (Phi) is 6.90. The molecule has 0 bridgehead atoms. The molecular formula is C28H27N5O2. The van der Waals surface area contributed by atoms with Gasteiger partial charge in [0, 0.05) is 54.7 Å². The quantitative estimate of drug-likeness (QED) is 0.298. The zero-order chi connectivity index (χ0) is 24.0. The number of hydrogen-bond acceptors (Lipinski definition) is 6. The van der Waals surface area contributed by atoms with E-state index in [2.05, 4.69) is 63.0 Å². The van der Waals surface area contributed by atoms with Crippen molar-refractivity contribution in [3.63, 3.8) is 0 Å². The van der Waals surface area contributed by atoms with Gasteiger partial charge in [-0.15, -0.1) is 0 Å². The summed E-state index contributed by atoms with van der Waals surface area (Å²) in [7, 11) is 1.58. The molecule has 0 unspecified atom stereocenters. The molecule has 2 aromatic carbocycles. The third-order valence-corrected chi connectivity index (χ3v) is 5.90. The predicted octanol–water partition coefficient (Wildman–Crippen LogP) is 4.45. The second-order valence-electron chi connectivity index (χ2n) is 8.40. The highest BCUT2D eigenvalue weighted by molar-refractivity contribution is 5.98. The summed E-state index contributed by atoms with van der Waals surface area (Å²) in [6.45, 7) is 1.46. The highest BCUT2D eigenvalue weighted by Crippen LogP contribution is 2.36. The van der Waals surface area contributed by atoms with Crippen LogP contribution in [0, 0.1) is 0 Å². The number of hydrogen-bond donors (Lipinski definition) is 3. The van der Waals surface area contributed by atoms with Gasteiger partial charge in [0.2, 0.25) is 0 Å². The van der Waals surface area contributed by atoms with Crippen molar-refractivity contribution < 1.29 is 9.84 Å². The van der Waals surface area contributed by atoms with Crippen molar-refractivity contribution in [1.29, 1.82) is 0 Å². The topological polar surface area (TPSA) is 96.0 Å². The van der Waals surface area contributed by atoms with Crippen LogP contribution in [0.15, 0.2) is 85.3 Å². The van der Waals surface area contributed by atoms with Crippen LogP contribution < -0.4 is 5.32 Å². The highest BCUT2D eigenvalue weighted by atomic mass is 16.5. The molecule has 3 aromatic heterocycles. The highest BCUT2D eigenvalue weighted by Gasteiger charge is 2.15. The monoisotopic (exact) mass is 465 g/mol. The third kappa shape index (κ3) is 5.12. The number of rotatable bonds is 9. The molecule has 0 fully saturated rings. The standard InChI is InChI=1S/C28H27N5O2/c1-35-18-23(34)17-29-14-19-7-9-21(10-8-19)28-24(20-5-3-2-4-6-20)13-25-26(33-28)11-12-30-27(25)22-15-31-32-16-22/h2-13,15-16,23,29,34H,14,17-18H2,1H3,(H,31,32)/t23-/m0/s1. The van der Waals surface area contributed by atoms with Crippen molar-refractivity contribution in [2.24, 2.45) is 0 Å². The lowest BCUT2D eigenvalue weighted by Crippen LogP contribution is -2.29. The van der Waals surface area contributed by atoms with Crippen molar-refractivity contribution in [1.82, 2.24) is 25.5 Å². The van der Waals surface area contributed by atoms with Crippen molar-refractivity contribution in [2.45, 2.75) is 12.6 Å². The summed E-state index contributed by atoms with van der Waals surface area (Å²) in [6, 6.07) is 22.8. The Labute approximate surface area is 203 Å². The first-order valence-corrected chi connectivity index (χ1v) is 11.5. The molecule has 0 spiro atoms. The lowest BCUT2D eigenvalue weighted by molar-refractivity contribution is 0.0644. The van der Waals surface area contributed by atoms with Crippen molar-refractivity contribution in [3.05, 3.63) is 90.9 Å². The number of H-pyrrole nitrogens is 1. The SMILES string of the molecule is COC[C@@H](O)CNCc1ccc(-c2nc3ccnc(-c4cn[nH]c4)c3cc2-c2ccccc2)cc1. The number of methoxy groups -OCH3 is 1. The first kappa shape index (κ1) is 22.9. The van der Waals surface area contributed by atoms with E-state index in [9.17, 15) is 5.11 Å². The van der Waals surface area contributed by atoms with Crippen LogP contribution >= 0.6 is 0 Å². The summed E-state index contributed by atoms with van der Waals surface area (Å²) in [4.78, 5) is 9.71. The van der Waals surface area contributed by atoms with E-state index in [0.717, 1.165) is 50.1 Å². The van der Waals surface area contributed by atoms with E-state index >= 15 is 0 Å². The van der Waals surface area contributed by atoms with E-state index in [1.54, 1.807) is 19.5 Å². The van der Waals surface area contributed by atoms with Crippen LogP contribution in [-0.4, -0.2) is 51.6 Å². The van der Waals surface area contributed by atoms with Gasteiger partial charge >= 0.3 is 0 Å². The maximum atomic E-state index is 9.82. The number of aromatic nitrogens is 4. The van der Waals surface area contributed by atoms with E-state index in [-0.39, 0.29) is 0 Å². The Hall–Kier alpha value is -3.91. The molecular weight excluding hydrogens is 438 g/mol. The molecule has 0 saturated carbocycles. The molecule has 7 heteroatoms. The first-order valence-electron chi connectivity index (χ1n) is 11.5. The molecule has 0 aliphatic rings. The number of fused-ring (bicyclic) bond motifs is 1. The fourth-order valence-corrected chi connectivity index (χ4v) is 4.18. The maximum Gasteiger partial charge on any atom is 0.0897 e.